The van der Waals surface area contributed by atoms with Crippen LogP contribution in [-0.4, -0.2) is 0 Å². The fourth-order valence-electron chi connectivity index (χ4n) is 9.45. The minimum atomic E-state index is -2.12. The number of benzene rings is 4. The largest absolute Gasteiger partial charge is 0.212 e. The van der Waals surface area contributed by atoms with Gasteiger partial charge in [-0.15, -0.1) is 0 Å². The van der Waals surface area contributed by atoms with Gasteiger partial charge < -0.3 is 0 Å². The van der Waals surface area contributed by atoms with Crippen molar-refractivity contribution in [1.82, 2.24) is 0 Å². The summed E-state index contributed by atoms with van der Waals surface area (Å²) in [5.74, 6) is -1.21. The maximum atomic E-state index is 8.56. The van der Waals surface area contributed by atoms with Crippen molar-refractivity contribution in [3.8, 4) is 45.0 Å². The summed E-state index contributed by atoms with van der Waals surface area (Å²) in [7, 11) is 7.88. The molecule has 0 spiro atoms. The first-order valence-corrected chi connectivity index (χ1v) is 26.9. The average molecular weight is 1040 g/mol. The first-order valence-electron chi connectivity index (χ1n) is 32.9. The van der Waals surface area contributed by atoms with Crippen molar-refractivity contribution in [2.75, 3.05) is 0 Å². The van der Waals surface area contributed by atoms with Crippen molar-refractivity contribution < 1.29 is 34.7 Å². The number of hydrogen-bond donors (Lipinski definition) is 0. The Balaban J connectivity index is 0.000000217. The molecule has 0 aliphatic heterocycles. The van der Waals surface area contributed by atoms with Gasteiger partial charge in [0.05, 0.1) is 0 Å². The van der Waals surface area contributed by atoms with Crippen molar-refractivity contribution in [2.45, 2.75) is 156 Å². The summed E-state index contributed by atoms with van der Waals surface area (Å²) in [4.78, 5) is 0. The lowest BCUT2D eigenvalue weighted by molar-refractivity contribution is -0.661. The molecule has 406 valence electrons. The molecule has 4 aromatic carbocycles. The van der Waals surface area contributed by atoms with Crippen LogP contribution in [0.3, 0.4) is 0 Å². The third-order valence-electron chi connectivity index (χ3n) is 13.6. The van der Waals surface area contributed by atoms with Gasteiger partial charge in [-0.2, -0.15) is 0 Å². The van der Waals surface area contributed by atoms with Crippen LogP contribution in [0.2, 0.25) is 0 Å². The summed E-state index contributed by atoms with van der Waals surface area (Å²) in [5, 5.41) is 0. The molecule has 4 heteroatoms. The standard InChI is InChI=1S/C20H28N.C19H26N.2C17H22N/c1-14-8-9-18(16(3)10-14)19-11-15(2)17(13-21(19)7)12-20(4,5)6;1-14-9-7-8-10-17(14)18-11-15(2)16(13-20(18)6)12-19(3,4)5;1-12(2)15-7-9-17(18(5)11-15)16-8-6-13(3)10-14(16)4;1-12(2)16-11-18(5)17(10-14(16)4)15-9-7-6-8-13(15)3/h8-11,13H,12H2,1-7H3;7-11,13H,12H2,1-6H3;2*6-12H,1-5H3/q4*+1/i1D3,12D2;12D2;3D3,12D;12D. The van der Waals surface area contributed by atoms with Crippen molar-refractivity contribution >= 4 is 0 Å². The fraction of sp³-hybridized carbons (Fsp3) is 0.397. The maximum absolute atomic E-state index is 8.56. The van der Waals surface area contributed by atoms with Crippen LogP contribution in [0, 0.1) is 73.0 Å². The van der Waals surface area contributed by atoms with Crippen LogP contribution in [0.25, 0.3) is 45.0 Å². The number of nitrogens with zero attached hydrogens (tertiary/aromatic N) is 4. The first-order chi connectivity index (χ1) is 40.5. The zero-order chi connectivity index (χ0) is 67.7. The van der Waals surface area contributed by atoms with E-state index >= 15 is 0 Å². The molecule has 0 amide bonds. The van der Waals surface area contributed by atoms with Crippen LogP contribution < -0.4 is 18.3 Å². The van der Waals surface area contributed by atoms with E-state index in [2.05, 4.69) is 87.1 Å². The van der Waals surface area contributed by atoms with Crippen LogP contribution >= 0.6 is 0 Å². The highest BCUT2D eigenvalue weighted by atomic mass is 14.9. The summed E-state index contributed by atoms with van der Waals surface area (Å²) in [6.45, 7) is 29.0. The van der Waals surface area contributed by atoms with E-state index in [9.17, 15) is 0 Å². The zero-order valence-electron chi connectivity index (χ0n) is 62.6. The molecular weight excluding hydrogens is 933 g/mol. The third-order valence-corrected chi connectivity index (χ3v) is 13.6. The highest BCUT2D eigenvalue weighted by Crippen LogP contribution is 2.30. The second-order valence-corrected chi connectivity index (χ2v) is 23.5. The predicted octanol–water partition coefficient (Wildman–Crippen LogP) is 16.9. The molecule has 0 aliphatic carbocycles. The Hall–Kier alpha value is -6.52. The Kier molecular flexibility index (Phi) is 15.5. The van der Waals surface area contributed by atoms with Crippen LogP contribution in [0.5, 0.6) is 0 Å². The second kappa shape index (κ2) is 26.2. The van der Waals surface area contributed by atoms with Crippen LogP contribution in [-0.2, 0) is 40.9 Å². The number of hydrogen-bond acceptors (Lipinski definition) is 0. The molecule has 0 aliphatic rings. The van der Waals surface area contributed by atoms with Gasteiger partial charge in [0.2, 0.25) is 22.8 Å². The SMILES string of the molecule is [2H]C(C)(C)c1c[n+](C)c(-c2ccccc2C)cc1C.[2H]C([2H])([2H])c1ccc(-c2cc(C)c(C([2H])([2H])C(C)(C)C)c[n+]2C)c(C)c1.[2H]C([2H])([2H])c1ccc(-c2ccc(C([2H])(C)C)c[n+]2C)c(C)c1.[2H]C([2H])(c1c[n+](C)c(-c2ccccc2C)cc1C)C(C)(C)C. The summed E-state index contributed by atoms with van der Waals surface area (Å²) < 4.78 is 104. The van der Waals surface area contributed by atoms with Gasteiger partial charge in [0.1, 0.15) is 28.2 Å². The first kappa shape index (κ1) is 45.5. The van der Waals surface area contributed by atoms with Gasteiger partial charge in [0.25, 0.3) is 0 Å². The van der Waals surface area contributed by atoms with Gasteiger partial charge in [0.15, 0.2) is 24.8 Å². The molecule has 0 bridgehead atoms. The van der Waals surface area contributed by atoms with Gasteiger partial charge in [-0.1, -0.05) is 141 Å². The summed E-state index contributed by atoms with van der Waals surface area (Å²) in [6, 6.07) is 37.4. The Labute approximate surface area is 485 Å². The molecule has 0 N–H and O–H groups in total. The van der Waals surface area contributed by atoms with E-state index in [1.54, 1.807) is 24.3 Å². The minimum Gasteiger partial charge on any atom is -0.201 e. The van der Waals surface area contributed by atoms with E-state index < -0.39 is 49.1 Å². The predicted molar refractivity (Wildman–Crippen MR) is 329 cm³/mol. The number of aryl methyl sites for hydroxylation is 13. The second-order valence-electron chi connectivity index (χ2n) is 23.5. The Morgan fingerprint density at radius 1 is 0.403 bits per heavy atom. The van der Waals surface area contributed by atoms with Crippen LogP contribution in [0.15, 0.2) is 140 Å². The lowest BCUT2D eigenvalue weighted by atomic mass is 9.87. The molecule has 0 radical (unpaired) electrons. The molecule has 4 heterocycles. The van der Waals surface area contributed by atoms with Crippen molar-refractivity contribution in [3.05, 3.63) is 212 Å². The lowest BCUT2D eigenvalue weighted by Crippen LogP contribution is -2.32. The van der Waals surface area contributed by atoms with Crippen molar-refractivity contribution in [2.24, 2.45) is 39.0 Å². The lowest BCUT2D eigenvalue weighted by Gasteiger charge is -2.19. The minimum absolute atomic E-state index is 0.332. The van der Waals surface area contributed by atoms with Gasteiger partial charge >= 0.3 is 0 Å². The van der Waals surface area contributed by atoms with Crippen LogP contribution in [0.1, 0.15) is 170 Å². The summed E-state index contributed by atoms with van der Waals surface area (Å²) >= 11 is 0. The van der Waals surface area contributed by atoms with E-state index in [1.165, 1.54) is 33.5 Å². The normalized spacial score (nSPS) is 14.7. The fourth-order valence-corrected chi connectivity index (χ4v) is 9.45. The quantitative estimate of drug-likeness (QED) is 0.135. The molecule has 8 rings (SSSR count). The average Bonchev–Trinajstić information content (AvgIpc) is 0.871. The molecular formula is C73H98N4+4. The van der Waals surface area contributed by atoms with E-state index in [-0.39, 0.29) is 0 Å². The third kappa shape index (κ3) is 17.0. The van der Waals surface area contributed by atoms with Crippen molar-refractivity contribution in [1.29, 1.82) is 0 Å². The molecule has 4 aromatic heterocycles. The van der Waals surface area contributed by atoms with Crippen LogP contribution in [0.4, 0.5) is 0 Å². The molecule has 0 unspecified atom stereocenters. The molecule has 4 nitrogen and oxygen atoms in total. The van der Waals surface area contributed by atoms with E-state index in [1.807, 2.05) is 193 Å². The van der Waals surface area contributed by atoms with E-state index in [4.69, 9.17) is 16.4 Å². The molecule has 0 fully saturated rings. The smallest absolute Gasteiger partial charge is 0.201 e. The number of pyridine rings is 4. The summed E-state index contributed by atoms with van der Waals surface area (Å²) in [5.41, 5.74) is 19.2. The highest BCUT2D eigenvalue weighted by Gasteiger charge is 2.22. The monoisotopic (exact) mass is 1040 g/mol. The van der Waals surface area contributed by atoms with E-state index in [0.717, 1.165) is 67.2 Å². The van der Waals surface area contributed by atoms with Gasteiger partial charge in [-0.05, 0) is 167 Å². The van der Waals surface area contributed by atoms with Gasteiger partial charge in [-0.25, -0.2) is 18.3 Å². The molecule has 77 heavy (non-hydrogen) atoms. The maximum Gasteiger partial charge on any atom is 0.212 e. The Morgan fingerprint density at radius 2 is 0.779 bits per heavy atom. The van der Waals surface area contributed by atoms with E-state index in [0.29, 0.717) is 16.7 Å². The Bertz CT molecular complexity index is 3770. The topological polar surface area (TPSA) is 15.5 Å². The molecule has 0 saturated heterocycles. The Morgan fingerprint density at radius 3 is 1.14 bits per heavy atom. The zero-order valence-corrected chi connectivity index (χ0v) is 50.6. The number of rotatable bonds is 8. The van der Waals surface area contributed by atoms with Gasteiger partial charge in [-0.3, -0.25) is 0 Å². The number of aromatic nitrogens is 4. The molecule has 8 aromatic rings. The molecule has 0 saturated carbocycles. The van der Waals surface area contributed by atoms with Crippen molar-refractivity contribution in [3.63, 3.8) is 0 Å². The molecule has 0 atom stereocenters. The highest BCUT2D eigenvalue weighted by molar-refractivity contribution is 5.64. The van der Waals surface area contributed by atoms with Gasteiger partial charge in [0, 0.05) is 85.2 Å². The summed E-state index contributed by atoms with van der Waals surface area (Å²) in [6.07, 6.45) is 5.01.